The summed E-state index contributed by atoms with van der Waals surface area (Å²) in [5.74, 6) is -0.278. The molecule has 0 radical (unpaired) electrons. The highest BCUT2D eigenvalue weighted by atomic mass is 35.5. The molecule has 0 saturated carbocycles. The van der Waals surface area contributed by atoms with Crippen LogP contribution in [0.5, 0.6) is 0 Å². The number of nitrogens with zero attached hydrogens (tertiary/aromatic N) is 1. The van der Waals surface area contributed by atoms with Gasteiger partial charge in [-0.25, -0.2) is 0 Å². The van der Waals surface area contributed by atoms with Crippen LogP contribution in [0, 0.1) is 0 Å². The van der Waals surface area contributed by atoms with Crippen LogP contribution in [-0.2, 0) is 10.2 Å². The molecule has 0 atom stereocenters. The Morgan fingerprint density at radius 3 is 2.38 bits per heavy atom. The fraction of sp³-hybridized carbons (Fsp3) is 0.417. The van der Waals surface area contributed by atoms with Crippen molar-refractivity contribution in [2.45, 2.75) is 23.6 Å². The van der Waals surface area contributed by atoms with E-state index in [1.807, 2.05) is 38.1 Å². The lowest BCUT2D eigenvalue weighted by Gasteiger charge is -2.45. The second-order valence-corrected chi connectivity index (χ2v) is 5.91. The first kappa shape index (κ1) is 11.7. The number of benzene rings is 1. The van der Waals surface area contributed by atoms with Crippen LogP contribution in [-0.4, -0.2) is 17.3 Å². The van der Waals surface area contributed by atoms with E-state index in [0.717, 1.165) is 11.3 Å². The molecule has 1 amide bonds. The van der Waals surface area contributed by atoms with Gasteiger partial charge in [-0.1, -0.05) is 55.2 Å². The average molecular weight is 258 g/mol. The number of hydrogen-bond donors (Lipinski definition) is 0. The maximum Gasteiger partial charge on any atom is 0.264 e. The lowest BCUT2D eigenvalue weighted by atomic mass is 9.76. The number of fused-ring (bicyclic) bond motifs is 1. The molecule has 0 aliphatic carbocycles. The molecule has 0 aromatic heterocycles. The molecular weight excluding hydrogens is 245 g/mol. The van der Waals surface area contributed by atoms with Crippen LogP contribution in [0.1, 0.15) is 19.4 Å². The molecule has 2 rings (SSSR count). The quantitative estimate of drug-likeness (QED) is 0.655. The van der Waals surface area contributed by atoms with Crippen molar-refractivity contribution < 1.29 is 4.79 Å². The van der Waals surface area contributed by atoms with Gasteiger partial charge in [0.05, 0.1) is 0 Å². The van der Waals surface area contributed by atoms with Gasteiger partial charge in [0, 0.05) is 18.2 Å². The summed E-state index contributed by atoms with van der Waals surface area (Å²) >= 11 is 12.4. The summed E-state index contributed by atoms with van der Waals surface area (Å²) in [6.07, 6.45) is 0. The van der Waals surface area contributed by atoms with Gasteiger partial charge in [-0.15, -0.1) is 0 Å². The van der Waals surface area contributed by atoms with E-state index in [1.165, 1.54) is 4.90 Å². The number of amides is 1. The Hall–Kier alpha value is -0.730. The van der Waals surface area contributed by atoms with Crippen molar-refractivity contribution in [3.05, 3.63) is 29.8 Å². The molecule has 0 N–H and O–H groups in total. The number of carbonyl (C=O) groups is 1. The first-order valence-corrected chi connectivity index (χ1v) is 5.81. The highest BCUT2D eigenvalue weighted by Gasteiger charge is 2.55. The van der Waals surface area contributed by atoms with E-state index in [-0.39, 0.29) is 5.91 Å². The summed E-state index contributed by atoms with van der Waals surface area (Å²) in [6, 6.07) is 7.68. The van der Waals surface area contributed by atoms with E-state index in [9.17, 15) is 4.79 Å². The number of carbonyl (C=O) groups excluding carboxylic acids is 1. The van der Waals surface area contributed by atoms with Gasteiger partial charge >= 0.3 is 0 Å². The number of alkyl halides is 2. The zero-order chi connectivity index (χ0) is 12.1. The number of hydrogen-bond acceptors (Lipinski definition) is 1. The molecule has 1 aromatic carbocycles. The maximum atomic E-state index is 12.1. The SMILES string of the molecule is CN1C(=O)C(Cl)(Cl)C(C)(C)c2ccccc21. The van der Waals surface area contributed by atoms with E-state index >= 15 is 0 Å². The fourth-order valence-corrected chi connectivity index (χ4v) is 2.51. The van der Waals surface area contributed by atoms with Crippen LogP contribution in [0.3, 0.4) is 0 Å². The fourth-order valence-electron chi connectivity index (χ4n) is 2.05. The highest BCUT2D eigenvalue weighted by molar-refractivity contribution is 6.60. The highest BCUT2D eigenvalue weighted by Crippen LogP contribution is 2.50. The first-order chi connectivity index (χ1) is 7.30. The molecule has 86 valence electrons. The van der Waals surface area contributed by atoms with Crippen molar-refractivity contribution in [2.24, 2.45) is 0 Å². The Bertz CT molecular complexity index is 454. The van der Waals surface area contributed by atoms with E-state index in [2.05, 4.69) is 0 Å². The topological polar surface area (TPSA) is 20.3 Å². The summed E-state index contributed by atoms with van der Waals surface area (Å²) in [5.41, 5.74) is 1.26. The summed E-state index contributed by atoms with van der Waals surface area (Å²) in [6.45, 7) is 3.77. The van der Waals surface area contributed by atoms with Crippen LogP contribution in [0.25, 0.3) is 0 Å². The van der Waals surface area contributed by atoms with Gasteiger partial charge in [-0.2, -0.15) is 0 Å². The van der Waals surface area contributed by atoms with Crippen LogP contribution in [0.2, 0.25) is 0 Å². The lowest BCUT2D eigenvalue weighted by molar-refractivity contribution is -0.120. The number of rotatable bonds is 0. The molecule has 1 aliphatic heterocycles. The van der Waals surface area contributed by atoms with E-state index in [4.69, 9.17) is 23.2 Å². The van der Waals surface area contributed by atoms with Gasteiger partial charge in [0.15, 0.2) is 0 Å². The van der Waals surface area contributed by atoms with E-state index < -0.39 is 9.75 Å². The minimum atomic E-state index is -1.42. The number of halogens is 2. The molecule has 1 heterocycles. The van der Waals surface area contributed by atoms with E-state index in [0.29, 0.717) is 0 Å². The third kappa shape index (κ3) is 1.30. The summed E-state index contributed by atoms with van der Waals surface area (Å²) in [7, 11) is 1.69. The van der Waals surface area contributed by atoms with Gasteiger partial charge in [0.1, 0.15) is 0 Å². The second-order valence-electron chi connectivity index (χ2n) is 4.58. The molecule has 0 spiro atoms. The first-order valence-electron chi connectivity index (χ1n) is 5.05. The molecule has 1 aromatic rings. The van der Waals surface area contributed by atoms with Crippen molar-refractivity contribution in [2.75, 3.05) is 11.9 Å². The molecule has 0 saturated heterocycles. The van der Waals surface area contributed by atoms with Crippen molar-refractivity contribution in [1.82, 2.24) is 0 Å². The Morgan fingerprint density at radius 2 is 1.75 bits per heavy atom. The molecule has 2 nitrogen and oxygen atoms in total. The van der Waals surface area contributed by atoms with Gasteiger partial charge in [-0.05, 0) is 11.6 Å². The predicted octanol–water partition coefficient (Wildman–Crippen LogP) is 3.11. The van der Waals surface area contributed by atoms with Crippen LogP contribution in [0.15, 0.2) is 24.3 Å². The number of anilines is 1. The largest absolute Gasteiger partial charge is 0.313 e. The van der Waals surface area contributed by atoms with Crippen molar-refractivity contribution in [3.8, 4) is 0 Å². The predicted molar refractivity (Wildman–Crippen MR) is 67.3 cm³/mol. The van der Waals surface area contributed by atoms with E-state index in [1.54, 1.807) is 7.05 Å². The van der Waals surface area contributed by atoms with Crippen LogP contribution >= 0.6 is 23.2 Å². The molecule has 0 fully saturated rings. The van der Waals surface area contributed by atoms with Crippen LogP contribution in [0.4, 0.5) is 5.69 Å². The Balaban J connectivity index is 2.73. The summed E-state index contributed by atoms with van der Waals surface area (Å²) in [4.78, 5) is 13.6. The zero-order valence-corrected chi connectivity index (χ0v) is 10.9. The van der Waals surface area contributed by atoms with Crippen molar-refractivity contribution in [1.29, 1.82) is 0 Å². The molecular formula is C12H13Cl2NO. The van der Waals surface area contributed by atoms with Crippen LogP contribution < -0.4 is 4.90 Å². The molecule has 1 aliphatic rings. The van der Waals surface area contributed by atoms with Crippen molar-refractivity contribution in [3.63, 3.8) is 0 Å². The third-order valence-corrected chi connectivity index (χ3v) is 4.57. The average Bonchev–Trinajstić information content (AvgIpc) is 2.25. The normalized spacial score (nSPS) is 21.8. The lowest BCUT2D eigenvalue weighted by Crippen LogP contribution is -2.55. The monoisotopic (exact) mass is 257 g/mol. The standard InChI is InChI=1S/C12H13Cl2NO/c1-11(2)8-6-4-5-7-9(8)15(3)10(16)12(11,13)14/h4-7H,1-3H3. The Morgan fingerprint density at radius 1 is 1.19 bits per heavy atom. The zero-order valence-electron chi connectivity index (χ0n) is 9.42. The van der Waals surface area contributed by atoms with Gasteiger partial charge < -0.3 is 4.90 Å². The third-order valence-electron chi connectivity index (χ3n) is 3.30. The Labute approximate surface area is 105 Å². The Kier molecular flexibility index (Phi) is 2.48. The van der Waals surface area contributed by atoms with Gasteiger partial charge in [0.2, 0.25) is 4.33 Å². The van der Waals surface area contributed by atoms with Crippen molar-refractivity contribution >= 4 is 34.8 Å². The summed E-state index contributed by atoms with van der Waals surface area (Å²) < 4.78 is -1.42. The number of para-hydroxylation sites is 1. The minimum Gasteiger partial charge on any atom is -0.313 e. The second kappa shape index (κ2) is 3.38. The molecule has 4 heteroatoms. The molecule has 0 bridgehead atoms. The van der Waals surface area contributed by atoms with Gasteiger partial charge in [-0.3, -0.25) is 4.79 Å². The summed E-state index contributed by atoms with van der Waals surface area (Å²) in [5, 5.41) is 0. The molecule has 0 unspecified atom stereocenters. The smallest absolute Gasteiger partial charge is 0.264 e. The maximum absolute atomic E-state index is 12.1. The molecule has 16 heavy (non-hydrogen) atoms. The minimum absolute atomic E-state index is 0.278. The van der Waals surface area contributed by atoms with Gasteiger partial charge in [0.25, 0.3) is 5.91 Å².